The molecule has 0 amide bonds. The van der Waals surface area contributed by atoms with Crippen molar-refractivity contribution in [1.29, 1.82) is 0 Å². The highest BCUT2D eigenvalue weighted by molar-refractivity contribution is 5.60. The lowest BCUT2D eigenvalue weighted by Crippen LogP contribution is -2.36. The number of piperidine rings is 1. The predicted octanol–water partition coefficient (Wildman–Crippen LogP) is 4.05. The number of anilines is 2. The Balaban J connectivity index is 2.29. The van der Waals surface area contributed by atoms with E-state index in [1.165, 1.54) is 24.8 Å². The van der Waals surface area contributed by atoms with Gasteiger partial charge in [-0.25, -0.2) is 9.97 Å². The normalized spacial score (nSPS) is 19.1. The van der Waals surface area contributed by atoms with Gasteiger partial charge in [0.15, 0.2) is 0 Å². The molecular weight excluding hydrogens is 260 g/mol. The molecule has 1 fully saturated rings. The quantitative estimate of drug-likeness (QED) is 0.858. The third-order valence-electron chi connectivity index (χ3n) is 4.38. The van der Waals surface area contributed by atoms with Crippen LogP contribution in [0.3, 0.4) is 0 Å². The summed E-state index contributed by atoms with van der Waals surface area (Å²) in [5.74, 6) is 3.41. The first-order chi connectivity index (χ1) is 10.2. The highest BCUT2D eigenvalue weighted by Gasteiger charge is 2.24. The molecule has 1 atom stereocenters. The molecule has 4 nitrogen and oxygen atoms in total. The molecule has 0 aromatic carbocycles. The Morgan fingerprint density at radius 3 is 2.81 bits per heavy atom. The maximum absolute atomic E-state index is 4.64. The fraction of sp³-hybridized carbons (Fsp3) is 0.765. The van der Waals surface area contributed by atoms with Crippen molar-refractivity contribution in [2.24, 2.45) is 5.92 Å². The van der Waals surface area contributed by atoms with E-state index in [2.05, 4.69) is 47.9 Å². The van der Waals surface area contributed by atoms with Crippen molar-refractivity contribution >= 4 is 11.6 Å². The van der Waals surface area contributed by atoms with Crippen LogP contribution in [0.1, 0.15) is 64.9 Å². The van der Waals surface area contributed by atoms with Crippen molar-refractivity contribution in [2.75, 3.05) is 29.9 Å². The van der Waals surface area contributed by atoms with Crippen molar-refractivity contribution in [1.82, 2.24) is 9.97 Å². The van der Waals surface area contributed by atoms with E-state index in [-0.39, 0.29) is 0 Å². The van der Waals surface area contributed by atoms with Crippen LogP contribution in [0, 0.1) is 5.92 Å². The van der Waals surface area contributed by atoms with Gasteiger partial charge >= 0.3 is 0 Å². The van der Waals surface area contributed by atoms with Gasteiger partial charge in [0, 0.05) is 25.2 Å². The van der Waals surface area contributed by atoms with Crippen molar-refractivity contribution in [3.05, 3.63) is 11.9 Å². The van der Waals surface area contributed by atoms with E-state index in [1.807, 2.05) is 0 Å². The predicted molar refractivity (Wildman–Crippen MR) is 90.1 cm³/mol. The van der Waals surface area contributed by atoms with Crippen LogP contribution in [0.2, 0.25) is 0 Å². The lowest BCUT2D eigenvalue weighted by atomic mass is 9.94. The number of hydrogen-bond acceptors (Lipinski definition) is 4. The van der Waals surface area contributed by atoms with Crippen LogP contribution in [-0.2, 0) is 0 Å². The van der Waals surface area contributed by atoms with Gasteiger partial charge in [-0.2, -0.15) is 0 Å². The van der Waals surface area contributed by atoms with E-state index in [4.69, 9.17) is 0 Å². The lowest BCUT2D eigenvalue weighted by Gasteiger charge is -2.35. The van der Waals surface area contributed by atoms with Crippen molar-refractivity contribution < 1.29 is 0 Å². The summed E-state index contributed by atoms with van der Waals surface area (Å²) in [6, 6.07) is 0. The first kappa shape index (κ1) is 16.1. The van der Waals surface area contributed by atoms with Crippen LogP contribution in [-0.4, -0.2) is 29.6 Å². The fourth-order valence-corrected chi connectivity index (χ4v) is 3.14. The SMILES string of the molecule is CCCNc1ncnc(N2CCCC(CC)C2)c1C(C)C. The smallest absolute Gasteiger partial charge is 0.137 e. The van der Waals surface area contributed by atoms with Gasteiger partial charge in [-0.1, -0.05) is 34.1 Å². The Morgan fingerprint density at radius 1 is 1.33 bits per heavy atom. The molecule has 2 rings (SSSR count). The van der Waals surface area contributed by atoms with Gasteiger partial charge < -0.3 is 10.2 Å². The van der Waals surface area contributed by atoms with Gasteiger partial charge in [0.2, 0.25) is 0 Å². The van der Waals surface area contributed by atoms with Crippen LogP contribution in [0.5, 0.6) is 0 Å². The largest absolute Gasteiger partial charge is 0.370 e. The topological polar surface area (TPSA) is 41.1 Å². The fourth-order valence-electron chi connectivity index (χ4n) is 3.14. The van der Waals surface area contributed by atoms with E-state index in [0.29, 0.717) is 5.92 Å². The lowest BCUT2D eigenvalue weighted by molar-refractivity contribution is 0.402. The Kier molecular flexibility index (Phi) is 5.83. The molecule has 4 heteroatoms. The van der Waals surface area contributed by atoms with E-state index in [9.17, 15) is 0 Å². The summed E-state index contributed by atoms with van der Waals surface area (Å²) < 4.78 is 0. The molecule has 1 aliphatic heterocycles. The minimum atomic E-state index is 0.433. The Labute approximate surface area is 129 Å². The molecule has 0 spiro atoms. The van der Waals surface area contributed by atoms with E-state index in [1.54, 1.807) is 6.33 Å². The summed E-state index contributed by atoms with van der Waals surface area (Å²) in [4.78, 5) is 11.6. The zero-order valence-electron chi connectivity index (χ0n) is 14.0. The van der Waals surface area contributed by atoms with Crippen LogP contribution in [0.15, 0.2) is 6.33 Å². The summed E-state index contributed by atoms with van der Waals surface area (Å²) in [7, 11) is 0. The summed E-state index contributed by atoms with van der Waals surface area (Å²) in [5.41, 5.74) is 1.28. The number of aromatic nitrogens is 2. The second-order valence-electron chi connectivity index (χ2n) is 6.40. The van der Waals surface area contributed by atoms with Crippen molar-refractivity contribution in [3.63, 3.8) is 0 Å². The van der Waals surface area contributed by atoms with Gasteiger partial charge in [0.05, 0.1) is 0 Å². The van der Waals surface area contributed by atoms with Gasteiger partial charge in [-0.05, 0) is 31.1 Å². The number of nitrogens with one attached hydrogen (secondary N) is 1. The first-order valence-electron chi connectivity index (χ1n) is 8.51. The summed E-state index contributed by atoms with van der Waals surface area (Å²) in [5, 5.41) is 3.47. The van der Waals surface area contributed by atoms with E-state index in [0.717, 1.165) is 43.6 Å². The van der Waals surface area contributed by atoms with Gasteiger partial charge in [0.1, 0.15) is 18.0 Å². The molecule has 1 aliphatic rings. The second kappa shape index (κ2) is 7.62. The van der Waals surface area contributed by atoms with Crippen LogP contribution in [0.4, 0.5) is 11.6 Å². The van der Waals surface area contributed by atoms with Crippen molar-refractivity contribution in [2.45, 2.75) is 59.3 Å². The third kappa shape index (κ3) is 3.86. The molecule has 2 heterocycles. The minimum absolute atomic E-state index is 0.433. The summed E-state index contributed by atoms with van der Waals surface area (Å²) in [6.45, 7) is 12.2. The molecule has 1 aromatic heterocycles. The highest BCUT2D eigenvalue weighted by atomic mass is 15.2. The van der Waals surface area contributed by atoms with E-state index >= 15 is 0 Å². The first-order valence-corrected chi connectivity index (χ1v) is 8.51. The number of rotatable bonds is 6. The molecule has 21 heavy (non-hydrogen) atoms. The standard InChI is InChI=1S/C17H30N4/c1-5-9-18-16-15(13(3)4)17(20-12-19-16)21-10-7-8-14(6-2)11-21/h12-14H,5-11H2,1-4H3,(H,18,19,20). The summed E-state index contributed by atoms with van der Waals surface area (Å²) in [6.07, 6.45) is 6.72. The minimum Gasteiger partial charge on any atom is -0.370 e. The average molecular weight is 290 g/mol. The molecule has 0 aliphatic carbocycles. The number of nitrogens with zero attached hydrogens (tertiary/aromatic N) is 3. The molecule has 1 saturated heterocycles. The molecule has 1 N–H and O–H groups in total. The molecule has 1 aromatic rings. The Bertz CT molecular complexity index is 444. The zero-order valence-corrected chi connectivity index (χ0v) is 14.0. The highest BCUT2D eigenvalue weighted by Crippen LogP contribution is 2.33. The van der Waals surface area contributed by atoms with Crippen LogP contribution < -0.4 is 10.2 Å². The maximum Gasteiger partial charge on any atom is 0.137 e. The van der Waals surface area contributed by atoms with Gasteiger partial charge in [0.25, 0.3) is 0 Å². The summed E-state index contributed by atoms with van der Waals surface area (Å²) >= 11 is 0. The Morgan fingerprint density at radius 2 is 2.14 bits per heavy atom. The molecule has 118 valence electrons. The monoisotopic (exact) mass is 290 g/mol. The number of hydrogen-bond donors (Lipinski definition) is 1. The maximum atomic E-state index is 4.64. The average Bonchev–Trinajstić information content (AvgIpc) is 2.52. The van der Waals surface area contributed by atoms with Crippen LogP contribution in [0.25, 0.3) is 0 Å². The van der Waals surface area contributed by atoms with Gasteiger partial charge in [-0.15, -0.1) is 0 Å². The molecular formula is C17H30N4. The molecule has 0 bridgehead atoms. The second-order valence-corrected chi connectivity index (χ2v) is 6.40. The molecule has 0 saturated carbocycles. The van der Waals surface area contributed by atoms with Gasteiger partial charge in [-0.3, -0.25) is 0 Å². The zero-order chi connectivity index (χ0) is 15.2. The third-order valence-corrected chi connectivity index (χ3v) is 4.38. The van der Waals surface area contributed by atoms with E-state index < -0.39 is 0 Å². The molecule has 1 unspecified atom stereocenters. The van der Waals surface area contributed by atoms with Crippen molar-refractivity contribution in [3.8, 4) is 0 Å². The van der Waals surface area contributed by atoms with Crippen LogP contribution >= 0.6 is 0 Å². The Hall–Kier alpha value is -1.32. The molecule has 0 radical (unpaired) electrons.